The molecule has 0 bridgehead atoms. The molecule has 2 heteroatoms. The van der Waals surface area contributed by atoms with Crippen LogP contribution in [-0.2, 0) is 0 Å². The first-order chi connectivity index (χ1) is 4.97. The van der Waals surface area contributed by atoms with Gasteiger partial charge in [-0.1, -0.05) is 24.3 Å². The zero-order valence-electron chi connectivity index (χ0n) is 6.03. The maximum atomic E-state index is 5.34. The van der Waals surface area contributed by atoms with Crippen LogP contribution in [0.3, 0.4) is 0 Å². The standard InChI is InChI=1S/C9H8O.Bi/c1-2-6-9-8(4-1)5-3-7-10-9;/h1-6H,7H2;. The first-order valence-corrected chi connectivity index (χ1v) is 3.35. The summed E-state index contributed by atoms with van der Waals surface area (Å²) in [6, 6.07) is 8.03. The van der Waals surface area contributed by atoms with Gasteiger partial charge in [0.1, 0.15) is 12.4 Å². The van der Waals surface area contributed by atoms with E-state index < -0.39 is 0 Å². The van der Waals surface area contributed by atoms with E-state index in [1.165, 1.54) is 5.56 Å². The largest absolute Gasteiger partial charge is 0.489 e. The van der Waals surface area contributed by atoms with Crippen LogP contribution >= 0.6 is 0 Å². The molecular formula is C9H8BiO. The van der Waals surface area contributed by atoms with E-state index in [0.717, 1.165) is 5.75 Å². The van der Waals surface area contributed by atoms with Gasteiger partial charge in [-0.2, -0.15) is 0 Å². The number of hydrogen-bond donors (Lipinski definition) is 0. The van der Waals surface area contributed by atoms with E-state index >= 15 is 0 Å². The van der Waals surface area contributed by atoms with Crippen LogP contribution in [0.15, 0.2) is 30.3 Å². The second-order valence-corrected chi connectivity index (χ2v) is 2.25. The van der Waals surface area contributed by atoms with Gasteiger partial charge < -0.3 is 4.74 Å². The quantitative estimate of drug-likeness (QED) is 0.653. The minimum absolute atomic E-state index is 0. The predicted octanol–water partition coefficient (Wildman–Crippen LogP) is 1.71. The molecule has 0 aromatic heterocycles. The number of para-hydroxylation sites is 1. The van der Waals surface area contributed by atoms with Crippen molar-refractivity contribution < 1.29 is 4.74 Å². The van der Waals surface area contributed by atoms with E-state index in [9.17, 15) is 0 Å². The van der Waals surface area contributed by atoms with Crippen molar-refractivity contribution in [3.8, 4) is 5.75 Å². The molecule has 1 nitrogen and oxygen atoms in total. The zero-order valence-corrected chi connectivity index (χ0v) is 9.50. The Morgan fingerprint density at radius 1 is 1.18 bits per heavy atom. The molecule has 1 aromatic carbocycles. The molecule has 55 valence electrons. The molecule has 0 N–H and O–H groups in total. The summed E-state index contributed by atoms with van der Waals surface area (Å²) in [4.78, 5) is 0. The van der Waals surface area contributed by atoms with Gasteiger partial charge in [-0.05, 0) is 12.1 Å². The molecular weight excluding hydrogens is 333 g/mol. The van der Waals surface area contributed by atoms with E-state index in [0.29, 0.717) is 6.61 Å². The first-order valence-electron chi connectivity index (χ1n) is 3.35. The number of hydrogen-bond acceptors (Lipinski definition) is 1. The summed E-state index contributed by atoms with van der Waals surface area (Å²) >= 11 is 0. The average molecular weight is 341 g/mol. The maximum Gasteiger partial charge on any atom is 0.126 e. The molecule has 0 spiro atoms. The third-order valence-electron chi connectivity index (χ3n) is 1.55. The van der Waals surface area contributed by atoms with Crippen LogP contribution in [0, 0.1) is 0 Å². The van der Waals surface area contributed by atoms with Gasteiger partial charge >= 0.3 is 0 Å². The van der Waals surface area contributed by atoms with Crippen molar-refractivity contribution in [3.05, 3.63) is 35.9 Å². The van der Waals surface area contributed by atoms with Crippen LogP contribution in [0.25, 0.3) is 6.08 Å². The summed E-state index contributed by atoms with van der Waals surface area (Å²) in [6.07, 6.45) is 4.10. The molecule has 1 heterocycles. The van der Waals surface area contributed by atoms with Gasteiger partial charge in [0, 0.05) is 31.8 Å². The Bertz CT molecular complexity index is 268. The second kappa shape index (κ2) is 3.87. The van der Waals surface area contributed by atoms with Crippen molar-refractivity contribution in [1.29, 1.82) is 0 Å². The van der Waals surface area contributed by atoms with Crippen LogP contribution in [0.4, 0.5) is 0 Å². The number of rotatable bonds is 0. The zero-order chi connectivity index (χ0) is 6.81. The molecule has 11 heavy (non-hydrogen) atoms. The van der Waals surface area contributed by atoms with E-state index in [1.54, 1.807) is 0 Å². The maximum absolute atomic E-state index is 5.34. The van der Waals surface area contributed by atoms with Gasteiger partial charge in [0.2, 0.25) is 0 Å². The van der Waals surface area contributed by atoms with Crippen molar-refractivity contribution in [2.24, 2.45) is 0 Å². The average Bonchev–Trinajstić information content (AvgIpc) is 2.05. The molecule has 1 aliphatic rings. The molecule has 0 amide bonds. The van der Waals surface area contributed by atoms with Crippen LogP contribution in [0.5, 0.6) is 5.75 Å². The Morgan fingerprint density at radius 3 is 2.82 bits per heavy atom. The smallest absolute Gasteiger partial charge is 0.126 e. The molecule has 3 radical (unpaired) electrons. The van der Waals surface area contributed by atoms with Gasteiger partial charge in [0.05, 0.1) is 0 Å². The summed E-state index contributed by atoms with van der Waals surface area (Å²) in [5.74, 6) is 0.991. The van der Waals surface area contributed by atoms with E-state index in [4.69, 9.17) is 4.74 Å². The molecule has 0 saturated carbocycles. The molecule has 0 aliphatic carbocycles. The fraction of sp³-hybridized carbons (Fsp3) is 0.111. The van der Waals surface area contributed by atoms with Crippen molar-refractivity contribution in [1.82, 2.24) is 0 Å². The molecule has 0 fully saturated rings. The Balaban J connectivity index is 0.000000605. The van der Waals surface area contributed by atoms with Crippen molar-refractivity contribution in [2.45, 2.75) is 0 Å². The molecule has 0 saturated heterocycles. The topological polar surface area (TPSA) is 9.23 Å². The minimum atomic E-state index is 0. The summed E-state index contributed by atoms with van der Waals surface area (Å²) in [7, 11) is 0. The third-order valence-corrected chi connectivity index (χ3v) is 1.55. The fourth-order valence-corrected chi connectivity index (χ4v) is 1.06. The van der Waals surface area contributed by atoms with Gasteiger partial charge in [-0.25, -0.2) is 0 Å². The Hall–Kier alpha value is -0.357. The van der Waals surface area contributed by atoms with Crippen LogP contribution in [0.2, 0.25) is 0 Å². The van der Waals surface area contributed by atoms with Crippen molar-refractivity contribution in [2.75, 3.05) is 6.61 Å². The first kappa shape index (κ1) is 8.74. The Kier molecular flexibility index (Phi) is 3.07. The molecule has 1 aromatic rings. The summed E-state index contributed by atoms with van der Waals surface area (Å²) < 4.78 is 5.34. The minimum Gasteiger partial charge on any atom is -0.489 e. The monoisotopic (exact) mass is 341 g/mol. The summed E-state index contributed by atoms with van der Waals surface area (Å²) in [5.41, 5.74) is 1.17. The van der Waals surface area contributed by atoms with E-state index in [1.807, 2.05) is 30.3 Å². The van der Waals surface area contributed by atoms with Crippen molar-refractivity contribution in [3.63, 3.8) is 0 Å². The number of benzene rings is 1. The van der Waals surface area contributed by atoms with E-state index in [2.05, 4.69) is 6.08 Å². The summed E-state index contributed by atoms with van der Waals surface area (Å²) in [6.45, 7) is 0.705. The predicted molar refractivity (Wildman–Crippen MR) is 46.7 cm³/mol. The molecule has 0 atom stereocenters. The molecule has 2 rings (SSSR count). The second-order valence-electron chi connectivity index (χ2n) is 2.25. The molecule has 1 aliphatic heterocycles. The van der Waals surface area contributed by atoms with Gasteiger partial charge in [-0.3, -0.25) is 0 Å². The normalized spacial score (nSPS) is 12.7. The van der Waals surface area contributed by atoms with Gasteiger partial charge in [0.15, 0.2) is 0 Å². The van der Waals surface area contributed by atoms with Crippen LogP contribution in [0.1, 0.15) is 5.56 Å². The summed E-state index contributed by atoms with van der Waals surface area (Å²) in [5, 5.41) is 0. The third kappa shape index (κ3) is 1.81. The number of ether oxygens (including phenoxy) is 1. The SMILES string of the molecule is C1=Cc2ccccc2OC1.[Bi]. The Morgan fingerprint density at radius 2 is 2.00 bits per heavy atom. The van der Waals surface area contributed by atoms with E-state index in [-0.39, 0.29) is 26.2 Å². The van der Waals surface area contributed by atoms with Crippen molar-refractivity contribution >= 4 is 32.3 Å². The molecule has 0 unspecified atom stereocenters. The van der Waals surface area contributed by atoms with Gasteiger partial charge in [0.25, 0.3) is 0 Å². The number of fused-ring (bicyclic) bond motifs is 1. The van der Waals surface area contributed by atoms with Crippen LogP contribution in [-0.4, -0.2) is 32.8 Å². The fourth-order valence-electron chi connectivity index (χ4n) is 1.06. The Labute approximate surface area is 85.2 Å². The van der Waals surface area contributed by atoms with Crippen LogP contribution < -0.4 is 4.74 Å². The van der Waals surface area contributed by atoms with Gasteiger partial charge in [-0.15, -0.1) is 0 Å².